The first-order chi connectivity index (χ1) is 15.0. The monoisotopic (exact) mass is 438 g/mol. The average Bonchev–Trinajstić information content (AvgIpc) is 2.79. The maximum absolute atomic E-state index is 13.3. The normalized spacial score (nSPS) is 15.8. The molecule has 1 N–H and O–H groups in total. The lowest BCUT2D eigenvalue weighted by Crippen LogP contribution is -2.50. The first-order valence-corrected chi connectivity index (χ1v) is 11.4. The van der Waals surface area contributed by atoms with Crippen LogP contribution in [0, 0.1) is 11.3 Å². The number of nitrogens with one attached hydrogen (secondary N) is 1. The molecular formula is C25H31ClN4O. The van der Waals surface area contributed by atoms with E-state index in [-0.39, 0.29) is 12.1 Å². The van der Waals surface area contributed by atoms with Crippen molar-refractivity contribution < 1.29 is 4.79 Å². The van der Waals surface area contributed by atoms with Gasteiger partial charge in [-0.3, -0.25) is 0 Å². The number of hydrogen-bond donors (Lipinski definition) is 1. The van der Waals surface area contributed by atoms with Crippen LogP contribution in [0.2, 0.25) is 5.02 Å². The summed E-state index contributed by atoms with van der Waals surface area (Å²) in [5.41, 5.74) is 1.95. The zero-order valence-corrected chi connectivity index (χ0v) is 19.1. The molecule has 2 aromatic carbocycles. The van der Waals surface area contributed by atoms with Gasteiger partial charge in [0.05, 0.1) is 11.3 Å². The molecule has 31 heavy (non-hydrogen) atoms. The summed E-state index contributed by atoms with van der Waals surface area (Å²) < 4.78 is 0. The van der Waals surface area contributed by atoms with Crippen LogP contribution in [0.5, 0.6) is 0 Å². The molecule has 1 saturated heterocycles. The fourth-order valence-corrected chi connectivity index (χ4v) is 4.46. The van der Waals surface area contributed by atoms with Gasteiger partial charge in [-0.1, -0.05) is 55.3 Å². The van der Waals surface area contributed by atoms with E-state index in [1.54, 1.807) is 18.2 Å². The van der Waals surface area contributed by atoms with Crippen LogP contribution in [0.3, 0.4) is 0 Å². The molecule has 1 heterocycles. The Morgan fingerprint density at radius 3 is 2.61 bits per heavy atom. The Bertz CT molecular complexity index is 903. The van der Waals surface area contributed by atoms with E-state index in [0.29, 0.717) is 28.9 Å². The van der Waals surface area contributed by atoms with Gasteiger partial charge in [-0.05, 0) is 49.9 Å². The minimum absolute atomic E-state index is 0.156. The molecule has 0 aliphatic carbocycles. The minimum Gasteiger partial charge on any atom is -0.317 e. The van der Waals surface area contributed by atoms with Gasteiger partial charge in [0.25, 0.3) is 0 Å². The van der Waals surface area contributed by atoms with Crippen LogP contribution >= 0.6 is 11.6 Å². The second-order valence-corrected chi connectivity index (χ2v) is 8.69. The summed E-state index contributed by atoms with van der Waals surface area (Å²) in [5.74, 6) is 0. The summed E-state index contributed by atoms with van der Waals surface area (Å²) >= 11 is 6.01. The fraction of sp³-hybridized carbons (Fsp3) is 0.440. The number of hydrogen-bond acceptors (Lipinski definition) is 3. The van der Waals surface area contributed by atoms with Gasteiger partial charge in [0.2, 0.25) is 0 Å². The first-order valence-electron chi connectivity index (χ1n) is 11.1. The molecular weight excluding hydrogens is 408 g/mol. The van der Waals surface area contributed by atoms with Crippen molar-refractivity contribution in [2.75, 3.05) is 18.4 Å². The standard InChI is InChI=1S/C25H31ClN4O/c1-3-7-19(2)29-14-12-23(13-15-29)30(18-20-8-5-4-6-9-20)25(31)28-24-11-10-22(26)16-21(24)17-27/h4-6,8-11,16,19,23H,3,7,12-15,18H2,1-2H3,(H,28,31). The topological polar surface area (TPSA) is 59.4 Å². The summed E-state index contributed by atoms with van der Waals surface area (Å²) in [4.78, 5) is 17.8. The summed E-state index contributed by atoms with van der Waals surface area (Å²) in [6, 6.07) is 17.7. The summed E-state index contributed by atoms with van der Waals surface area (Å²) in [7, 11) is 0. The molecule has 5 nitrogen and oxygen atoms in total. The second-order valence-electron chi connectivity index (χ2n) is 8.25. The predicted octanol–water partition coefficient (Wildman–Crippen LogP) is 5.90. The van der Waals surface area contributed by atoms with Crippen LogP contribution in [0.15, 0.2) is 48.5 Å². The van der Waals surface area contributed by atoms with Crippen LogP contribution in [0.25, 0.3) is 0 Å². The van der Waals surface area contributed by atoms with Crippen molar-refractivity contribution in [2.45, 2.75) is 58.2 Å². The number of piperidine rings is 1. The van der Waals surface area contributed by atoms with Crippen molar-refractivity contribution in [3.8, 4) is 6.07 Å². The molecule has 3 rings (SSSR count). The molecule has 0 spiro atoms. The minimum atomic E-state index is -0.178. The number of urea groups is 1. The highest BCUT2D eigenvalue weighted by molar-refractivity contribution is 6.30. The maximum atomic E-state index is 13.3. The van der Waals surface area contributed by atoms with Crippen molar-refractivity contribution in [2.24, 2.45) is 0 Å². The van der Waals surface area contributed by atoms with Gasteiger partial charge in [0.1, 0.15) is 6.07 Å². The van der Waals surface area contributed by atoms with Crippen molar-refractivity contribution in [3.05, 3.63) is 64.7 Å². The van der Waals surface area contributed by atoms with Crippen LogP contribution in [0.1, 0.15) is 50.7 Å². The molecule has 2 aromatic rings. The average molecular weight is 439 g/mol. The number of benzene rings is 2. The Kier molecular flexibility index (Phi) is 8.34. The van der Waals surface area contributed by atoms with Crippen LogP contribution in [-0.4, -0.2) is 41.0 Å². The van der Waals surface area contributed by atoms with E-state index in [1.165, 1.54) is 12.8 Å². The van der Waals surface area contributed by atoms with E-state index in [0.717, 1.165) is 31.5 Å². The smallest absolute Gasteiger partial charge is 0.317 e. The number of carbonyl (C=O) groups excluding carboxylic acids is 1. The predicted molar refractivity (Wildman–Crippen MR) is 126 cm³/mol. The maximum Gasteiger partial charge on any atom is 0.322 e. The summed E-state index contributed by atoms with van der Waals surface area (Å²) in [5, 5.41) is 12.9. The molecule has 1 fully saturated rings. The summed E-state index contributed by atoms with van der Waals surface area (Å²) in [6.07, 6.45) is 4.28. The third-order valence-electron chi connectivity index (χ3n) is 6.07. The van der Waals surface area contributed by atoms with Crippen molar-refractivity contribution >= 4 is 23.3 Å². The van der Waals surface area contributed by atoms with E-state index in [9.17, 15) is 10.1 Å². The van der Waals surface area contributed by atoms with Crippen LogP contribution < -0.4 is 5.32 Å². The molecule has 1 aliphatic heterocycles. The van der Waals surface area contributed by atoms with Gasteiger partial charge in [-0.2, -0.15) is 5.26 Å². The Hall–Kier alpha value is -2.55. The molecule has 0 aromatic heterocycles. The molecule has 1 unspecified atom stereocenters. The number of amides is 2. The number of carbonyl (C=O) groups is 1. The van der Waals surface area contributed by atoms with Crippen molar-refractivity contribution in [3.63, 3.8) is 0 Å². The third-order valence-corrected chi connectivity index (χ3v) is 6.31. The third kappa shape index (κ3) is 6.22. The van der Waals surface area contributed by atoms with Gasteiger partial charge >= 0.3 is 6.03 Å². The largest absolute Gasteiger partial charge is 0.322 e. The Morgan fingerprint density at radius 2 is 1.97 bits per heavy atom. The quantitative estimate of drug-likeness (QED) is 0.585. The highest BCUT2D eigenvalue weighted by Crippen LogP contribution is 2.25. The highest BCUT2D eigenvalue weighted by atomic mass is 35.5. The van der Waals surface area contributed by atoms with Gasteiger partial charge in [-0.25, -0.2) is 4.79 Å². The number of anilines is 1. The van der Waals surface area contributed by atoms with Gasteiger partial charge in [-0.15, -0.1) is 0 Å². The molecule has 164 valence electrons. The number of halogens is 1. The SMILES string of the molecule is CCCC(C)N1CCC(N(Cc2ccccc2)C(=O)Nc2ccc(Cl)cc2C#N)CC1. The Labute approximate surface area is 190 Å². The fourth-order valence-electron chi connectivity index (χ4n) is 4.29. The van der Waals surface area contributed by atoms with E-state index in [4.69, 9.17) is 11.6 Å². The molecule has 0 saturated carbocycles. The zero-order chi connectivity index (χ0) is 22.2. The second kappa shape index (κ2) is 11.2. The van der Waals surface area contributed by atoms with Crippen molar-refractivity contribution in [1.82, 2.24) is 9.80 Å². The lowest BCUT2D eigenvalue weighted by molar-refractivity contribution is 0.0989. The Morgan fingerprint density at radius 1 is 1.26 bits per heavy atom. The van der Waals surface area contributed by atoms with E-state index < -0.39 is 0 Å². The molecule has 1 atom stereocenters. The van der Waals surface area contributed by atoms with Crippen molar-refractivity contribution in [1.29, 1.82) is 5.26 Å². The number of nitrogens with zero attached hydrogens (tertiary/aromatic N) is 3. The van der Waals surface area contributed by atoms with E-state index in [1.807, 2.05) is 35.2 Å². The van der Waals surface area contributed by atoms with E-state index >= 15 is 0 Å². The first kappa shape index (κ1) is 23.1. The number of nitriles is 1. The lowest BCUT2D eigenvalue weighted by Gasteiger charge is -2.40. The molecule has 0 radical (unpaired) electrons. The molecule has 6 heteroatoms. The summed E-state index contributed by atoms with van der Waals surface area (Å²) in [6.45, 7) is 7.05. The Balaban J connectivity index is 1.76. The number of rotatable bonds is 7. The highest BCUT2D eigenvalue weighted by Gasteiger charge is 2.30. The van der Waals surface area contributed by atoms with E-state index in [2.05, 4.69) is 30.1 Å². The molecule has 0 bridgehead atoms. The number of likely N-dealkylation sites (tertiary alicyclic amines) is 1. The van der Waals surface area contributed by atoms with Gasteiger partial charge < -0.3 is 15.1 Å². The van der Waals surface area contributed by atoms with Gasteiger partial charge in [0.15, 0.2) is 0 Å². The van der Waals surface area contributed by atoms with Gasteiger partial charge in [0, 0.05) is 36.7 Å². The molecule has 1 aliphatic rings. The zero-order valence-electron chi connectivity index (χ0n) is 18.4. The molecule has 2 amide bonds. The van der Waals surface area contributed by atoms with Crippen LogP contribution in [-0.2, 0) is 6.54 Å². The van der Waals surface area contributed by atoms with Crippen LogP contribution in [0.4, 0.5) is 10.5 Å². The lowest BCUT2D eigenvalue weighted by atomic mass is 10.00.